The number of aromatic amines is 7. The molecule has 0 aromatic carbocycles. The van der Waals surface area contributed by atoms with Crippen LogP contribution in [0.1, 0.15) is 321 Å². The molecule has 7 aromatic rings. The van der Waals surface area contributed by atoms with E-state index in [0.717, 1.165) is 103 Å². The lowest BCUT2D eigenvalue weighted by atomic mass is 9.92. The highest BCUT2D eigenvalue weighted by molar-refractivity contribution is 9.10. The highest BCUT2D eigenvalue weighted by Crippen LogP contribution is 2.34. The number of sulfone groups is 1. The normalized spacial score (nSPS) is 13.9. The maximum Gasteiger partial charge on any atom is 0.189 e. The second-order valence-corrected chi connectivity index (χ2v) is 43.5. The van der Waals surface area contributed by atoms with Gasteiger partial charge >= 0.3 is 0 Å². The molecule has 21 nitrogen and oxygen atoms in total. The number of aliphatic imine (C=N–C) groups is 3. The summed E-state index contributed by atoms with van der Waals surface area (Å²) in [5.41, 5.74) is 8.96. The van der Waals surface area contributed by atoms with E-state index >= 15 is 0 Å². The molecule has 10 rings (SSSR count). The van der Waals surface area contributed by atoms with Gasteiger partial charge < -0.3 is 34.9 Å². The summed E-state index contributed by atoms with van der Waals surface area (Å²) in [6, 6.07) is 0. The van der Waals surface area contributed by atoms with Crippen molar-refractivity contribution < 1.29 is 17.4 Å². The van der Waals surface area contributed by atoms with Crippen LogP contribution in [0.2, 0.25) is 10.3 Å². The zero-order chi connectivity index (χ0) is 87.3. The highest BCUT2D eigenvalue weighted by Gasteiger charge is 2.28. The monoisotopic (exact) mass is 1720 g/mol. The van der Waals surface area contributed by atoms with E-state index in [1.54, 1.807) is 42.8 Å². The molecule has 0 spiro atoms. The first-order valence-electron chi connectivity index (χ1n) is 37.2. The predicted molar refractivity (Wildman–Crippen MR) is 487 cm³/mol. The summed E-state index contributed by atoms with van der Waals surface area (Å²) in [7, 11) is -4.00. The molecular weight excluding hydrogens is 1580 g/mol. The van der Waals surface area contributed by atoms with Crippen molar-refractivity contribution in [1.29, 1.82) is 0 Å². The maximum absolute atomic E-state index is 11.1. The van der Waals surface area contributed by atoms with Crippen LogP contribution in [0.4, 0.5) is 0 Å². The van der Waals surface area contributed by atoms with Crippen molar-refractivity contribution in [1.82, 2.24) is 69.8 Å². The van der Waals surface area contributed by atoms with Gasteiger partial charge in [0, 0.05) is 128 Å². The largest absolute Gasteiger partial charge is 0.346 e. The van der Waals surface area contributed by atoms with E-state index in [1.807, 2.05) is 53.8 Å². The molecule has 27 heteroatoms. The van der Waals surface area contributed by atoms with E-state index in [2.05, 4.69) is 318 Å². The molecule has 0 radical (unpaired) electrons. The topological polar surface area (TPSA) is 306 Å². The summed E-state index contributed by atoms with van der Waals surface area (Å²) in [4.78, 5) is 74.9. The molecule has 0 saturated heterocycles. The van der Waals surface area contributed by atoms with Crippen molar-refractivity contribution >= 4 is 92.4 Å². The van der Waals surface area contributed by atoms with Gasteiger partial charge in [-0.3, -0.25) is 14.0 Å². The van der Waals surface area contributed by atoms with Crippen molar-refractivity contribution in [2.75, 3.05) is 18.8 Å². The number of aryl methyl sites for hydroxylation is 3. The average molecular weight is 1720 g/mol. The van der Waals surface area contributed by atoms with E-state index in [9.17, 15) is 17.4 Å². The van der Waals surface area contributed by atoms with Crippen LogP contribution in [0.25, 0.3) is 0 Å². The van der Waals surface area contributed by atoms with Gasteiger partial charge in [-0.25, -0.2) is 53.3 Å². The molecule has 1 atom stereocenters. The van der Waals surface area contributed by atoms with Gasteiger partial charge in [0.1, 0.15) is 82.8 Å². The number of Topliss-reactive ketones (excluding diaryl/α,β-unsaturated/α-hetero) is 1. The van der Waals surface area contributed by atoms with Gasteiger partial charge in [-0.1, -0.05) is 262 Å². The van der Waals surface area contributed by atoms with Crippen LogP contribution in [0, 0.1) is 61.7 Å². The molecule has 0 fully saturated rings. The molecule has 0 aliphatic carbocycles. The fraction of sp³-hybridized carbons (Fsp3) is 0.593. The molecule has 0 saturated carbocycles. The minimum atomic E-state index is -3.10. The minimum Gasteiger partial charge on any atom is -0.346 e. The molecule has 0 amide bonds. The zero-order valence-electron chi connectivity index (χ0n) is 74.4. The number of terminal acetylenes is 2. The Bertz CT molecular complexity index is 4470. The number of halogens is 3. The number of nitrogens with zero attached hydrogens (tertiary/aromatic N) is 10. The van der Waals surface area contributed by atoms with Crippen molar-refractivity contribution in [2.24, 2.45) is 31.2 Å². The Morgan fingerprint density at radius 1 is 0.487 bits per heavy atom. The van der Waals surface area contributed by atoms with Gasteiger partial charge in [-0.2, -0.15) is 0 Å². The molecule has 630 valence electrons. The molecule has 7 aromatic heterocycles. The first kappa shape index (κ1) is 106. The van der Waals surface area contributed by atoms with Crippen LogP contribution < -0.4 is 0 Å². The number of nitrogens with one attached hydrogen (secondary N) is 7. The Balaban J connectivity index is 0.00000123. The third kappa shape index (κ3) is 39.0. The lowest BCUT2D eigenvalue weighted by Gasteiger charge is -2.16. The number of imidazole rings is 7. The Labute approximate surface area is 705 Å². The quantitative estimate of drug-likeness (QED) is 0.0596. The molecular formula is C86H138BrCl2N17O4S3. The number of H-pyrrole nitrogens is 7. The second kappa shape index (κ2) is 43.3. The summed E-state index contributed by atoms with van der Waals surface area (Å²) in [6.07, 6.45) is 32.4. The number of allylic oxidation sites excluding steroid dienone is 6. The molecule has 7 N–H and O–H groups in total. The first-order valence-corrected chi connectivity index (χ1v) is 43.4. The molecule has 10 heterocycles. The number of carbonyl (C=O) groups is 1. The Morgan fingerprint density at radius 2 is 0.876 bits per heavy atom. The molecule has 3 aliphatic heterocycles. The fourth-order valence-corrected chi connectivity index (χ4v) is 11.0. The van der Waals surface area contributed by atoms with Gasteiger partial charge in [-0.15, -0.1) is 24.6 Å². The second-order valence-electron chi connectivity index (χ2n) is 37.6. The number of hydrogen-bond acceptors (Lipinski definition) is 15. The van der Waals surface area contributed by atoms with Crippen LogP contribution >= 0.6 is 50.9 Å². The van der Waals surface area contributed by atoms with Crippen LogP contribution in [0.15, 0.2) is 85.9 Å². The highest BCUT2D eigenvalue weighted by atomic mass is 79.9. The number of carbonyl (C=O) groups excluding carboxylic acids is 1. The summed E-state index contributed by atoms with van der Waals surface area (Å²) >= 11 is 16.5. The maximum atomic E-state index is 11.1. The first-order chi connectivity index (χ1) is 50.5. The molecule has 113 heavy (non-hydrogen) atoms. The smallest absolute Gasteiger partial charge is 0.189 e. The van der Waals surface area contributed by atoms with Gasteiger partial charge in [0.05, 0.1) is 46.3 Å². The van der Waals surface area contributed by atoms with Gasteiger partial charge in [0.15, 0.2) is 15.6 Å². The van der Waals surface area contributed by atoms with Crippen molar-refractivity contribution in [3.05, 3.63) is 156 Å². The van der Waals surface area contributed by atoms with E-state index in [-0.39, 0.29) is 72.4 Å². The van der Waals surface area contributed by atoms with Crippen LogP contribution in [0.5, 0.6) is 0 Å². The van der Waals surface area contributed by atoms with Gasteiger partial charge in [-0.05, 0) is 48.9 Å². The predicted octanol–water partition coefficient (Wildman–Crippen LogP) is 22.7. The Morgan fingerprint density at radius 3 is 1.11 bits per heavy atom. The van der Waals surface area contributed by atoms with E-state index in [1.165, 1.54) is 23.9 Å². The molecule has 0 bridgehead atoms. The standard InChI is InChI=1S/C10H14N2.C9H14N2O.C9H12N2.C9H15NO2S.C9H15NOS.C9H15NS.C8H13ClN2.C8H14N2.C7H11BrN2.C7H11ClN2.CH4/c1-6-8-7(2)11-9(12-8)10(3,4)5;1-6(12)7-5-10-8(11-7)9(2,3)4;1-5-7-6-10-8(11-7)9(2,3)4;1-9(2,3)7-5-6-8(10-7)13(4,11)12;1-9(2,3)7-5-6-8(10-7)12(4)11;1-9(2,3)7-5-6-8(10-7)11-4;1-5-6(9)11-7(10-5)8(2,3)4;1-6-5-9-7(10-6)8(2,3)4;2*1-7(2,3)6-9-4-5(8)10-6;/h1H,2-5H3,(H,11,12);5H,1-4H3,(H,10,11);1,6H,2-4H3,(H,10,11);5H,6H2,1-4H3;5H,6H2,1-4H3;5H,6H2,1-4H3;1-4H3,(H,10,11);5H,1-4H3,(H,9,10);2*4H,1-3H3,(H,9,10);1H4. The van der Waals surface area contributed by atoms with Crippen molar-refractivity contribution in [3.8, 4) is 24.7 Å². The van der Waals surface area contributed by atoms with E-state index in [4.69, 9.17) is 36.0 Å². The Hall–Kier alpha value is -7.00. The van der Waals surface area contributed by atoms with Crippen LogP contribution in [0.3, 0.4) is 0 Å². The summed E-state index contributed by atoms with van der Waals surface area (Å²) in [6.45, 7) is 70.5. The van der Waals surface area contributed by atoms with Crippen LogP contribution in [-0.4, -0.2) is 122 Å². The molecule has 3 aliphatic rings. The SMILES string of the molecule is C.C#Cc1cnc(C(C)(C)C)[nH]1.C#Cc1nc(C(C)(C)C)[nH]c1C.CC(=O)c1cnc(C(C)(C)C)[nH]1.CC(C)(C)C1=CCC(S(C)(=O)=O)=N1.CC(C)(C)c1ncc(Br)[nH]1.CC(C)(C)c1ncc(Cl)[nH]1.CS(=O)C1=NC(C(C)(C)C)=CC1.CSC1=NC(C(C)(C)C)=CC1.Cc1[nH]c(C(C)(C)C)nc1Cl.Cc1cnc(C(C)(C)C)[nH]1. The fourth-order valence-electron chi connectivity index (χ4n) is 8.76. The summed E-state index contributed by atoms with van der Waals surface area (Å²) in [5.74, 6) is 11.8. The minimum absolute atomic E-state index is 0. The lowest BCUT2D eigenvalue weighted by Crippen LogP contribution is -2.13. The van der Waals surface area contributed by atoms with Crippen LogP contribution in [-0.2, 0) is 58.5 Å². The number of aromatic nitrogens is 14. The number of hydrogen-bond donors (Lipinski definition) is 7. The number of thioether (sulfide) groups is 1. The zero-order valence-corrected chi connectivity index (χ0v) is 79.9. The third-order valence-electron chi connectivity index (χ3n) is 15.7. The summed E-state index contributed by atoms with van der Waals surface area (Å²) in [5, 5.41) is 3.52. The van der Waals surface area contributed by atoms with E-state index < -0.39 is 20.6 Å². The number of ketones is 1. The van der Waals surface area contributed by atoms with Crippen molar-refractivity contribution in [2.45, 2.75) is 300 Å². The third-order valence-corrected chi connectivity index (χ3v) is 19.5. The van der Waals surface area contributed by atoms with Crippen molar-refractivity contribution in [3.63, 3.8) is 0 Å². The number of rotatable bonds is 1. The summed E-state index contributed by atoms with van der Waals surface area (Å²) < 4.78 is 34.3. The Kier molecular flexibility index (Phi) is 40.6. The van der Waals surface area contributed by atoms with Gasteiger partial charge in [0.2, 0.25) is 0 Å². The average Bonchev–Trinajstić information content (AvgIpc) is 1.68. The van der Waals surface area contributed by atoms with E-state index in [0.29, 0.717) is 22.4 Å². The van der Waals surface area contributed by atoms with Gasteiger partial charge in [0.25, 0.3) is 0 Å². The molecule has 1 unspecified atom stereocenters. The lowest BCUT2D eigenvalue weighted by molar-refractivity contribution is 0.101.